The van der Waals surface area contributed by atoms with E-state index >= 15 is 0 Å². The number of ether oxygens (including phenoxy) is 1. The molecule has 88 valence electrons. The molecule has 2 heteroatoms. The smallest absolute Gasteiger partial charge is 0.0981 e. The Hall–Kier alpha value is -0.470. The molecule has 0 saturated carbocycles. The van der Waals surface area contributed by atoms with E-state index in [1.165, 1.54) is 10.5 Å². The Kier molecular flexibility index (Phi) is 3.06. The van der Waals surface area contributed by atoms with Crippen molar-refractivity contribution in [3.05, 3.63) is 29.8 Å². The molecule has 16 heavy (non-hydrogen) atoms. The van der Waals surface area contributed by atoms with E-state index in [-0.39, 0.29) is 11.0 Å². The highest BCUT2D eigenvalue weighted by Gasteiger charge is 2.38. The van der Waals surface area contributed by atoms with Crippen molar-refractivity contribution < 1.29 is 4.74 Å². The maximum Gasteiger partial charge on any atom is 0.0981 e. The van der Waals surface area contributed by atoms with E-state index < -0.39 is 0 Å². The van der Waals surface area contributed by atoms with E-state index in [9.17, 15) is 0 Å². The summed E-state index contributed by atoms with van der Waals surface area (Å²) in [6, 6.07) is 8.91. The van der Waals surface area contributed by atoms with Gasteiger partial charge in [0.05, 0.1) is 12.2 Å². The fourth-order valence-electron chi connectivity index (χ4n) is 1.49. The molecule has 0 N–H and O–H groups in total. The Labute approximate surface area is 103 Å². The molecule has 0 spiro atoms. The summed E-state index contributed by atoms with van der Waals surface area (Å²) in [7, 11) is 0. The quantitative estimate of drug-likeness (QED) is 0.583. The van der Waals surface area contributed by atoms with Crippen LogP contribution in [-0.2, 0) is 10.2 Å². The number of epoxide rings is 1. The van der Waals surface area contributed by atoms with Crippen LogP contribution in [0.1, 0.15) is 33.3 Å². The van der Waals surface area contributed by atoms with E-state index in [2.05, 4.69) is 52.0 Å². The van der Waals surface area contributed by atoms with Gasteiger partial charge in [0, 0.05) is 10.6 Å². The van der Waals surface area contributed by atoms with Crippen LogP contribution in [0.25, 0.3) is 0 Å². The van der Waals surface area contributed by atoms with Crippen LogP contribution >= 0.6 is 11.8 Å². The topological polar surface area (TPSA) is 12.5 Å². The summed E-state index contributed by atoms with van der Waals surface area (Å²) in [5, 5.41) is 0. The van der Waals surface area contributed by atoms with Crippen molar-refractivity contribution in [2.45, 2.75) is 43.6 Å². The molecule has 1 atom stereocenters. The Morgan fingerprint density at radius 3 is 2.25 bits per heavy atom. The van der Waals surface area contributed by atoms with Gasteiger partial charge in [0.1, 0.15) is 0 Å². The first kappa shape index (κ1) is 12.0. The lowest BCUT2D eigenvalue weighted by molar-refractivity contribution is 0.348. The minimum atomic E-state index is 0.146. The lowest BCUT2D eigenvalue weighted by atomic mass is 9.87. The van der Waals surface area contributed by atoms with Crippen LogP contribution in [0.5, 0.6) is 0 Å². The number of thioether (sulfide) groups is 1. The molecular formula is C14H20OS. The highest BCUT2D eigenvalue weighted by atomic mass is 32.2. The highest BCUT2D eigenvalue weighted by molar-refractivity contribution is 7.99. The third-order valence-electron chi connectivity index (χ3n) is 2.90. The summed E-state index contributed by atoms with van der Waals surface area (Å²) < 4.78 is 5.37. The zero-order valence-corrected chi connectivity index (χ0v) is 11.4. The first-order valence-electron chi connectivity index (χ1n) is 5.76. The molecule has 1 saturated heterocycles. The number of hydrogen-bond donors (Lipinski definition) is 0. The molecule has 0 amide bonds. The molecule has 0 aromatic heterocycles. The van der Waals surface area contributed by atoms with Gasteiger partial charge in [-0.15, -0.1) is 11.8 Å². The predicted octanol–water partition coefficient (Wildman–Crippen LogP) is 3.87. The van der Waals surface area contributed by atoms with Gasteiger partial charge in [-0.1, -0.05) is 32.9 Å². The second-order valence-electron chi connectivity index (χ2n) is 5.80. The van der Waals surface area contributed by atoms with Crippen LogP contribution in [0.2, 0.25) is 0 Å². The lowest BCUT2D eigenvalue weighted by Crippen LogP contribution is -2.10. The van der Waals surface area contributed by atoms with E-state index in [1.807, 2.05) is 11.8 Å². The molecule has 1 heterocycles. The zero-order valence-electron chi connectivity index (χ0n) is 10.5. The van der Waals surface area contributed by atoms with Crippen LogP contribution in [0.4, 0.5) is 0 Å². The van der Waals surface area contributed by atoms with E-state index in [4.69, 9.17) is 4.74 Å². The van der Waals surface area contributed by atoms with Crippen molar-refractivity contribution in [3.63, 3.8) is 0 Å². The van der Waals surface area contributed by atoms with Crippen LogP contribution in [-0.4, -0.2) is 18.0 Å². The number of rotatable bonds is 3. The molecule has 1 nitrogen and oxygen atoms in total. The predicted molar refractivity (Wildman–Crippen MR) is 70.2 cm³/mol. The van der Waals surface area contributed by atoms with Crippen molar-refractivity contribution in [2.75, 3.05) is 12.4 Å². The molecule has 0 radical (unpaired) electrons. The second-order valence-corrected chi connectivity index (χ2v) is 6.85. The van der Waals surface area contributed by atoms with Gasteiger partial charge in [-0.3, -0.25) is 0 Å². The van der Waals surface area contributed by atoms with Crippen LogP contribution in [0.3, 0.4) is 0 Å². The first-order valence-corrected chi connectivity index (χ1v) is 6.75. The van der Waals surface area contributed by atoms with Crippen LogP contribution in [0.15, 0.2) is 29.2 Å². The molecule has 1 unspecified atom stereocenters. The summed E-state index contributed by atoms with van der Waals surface area (Å²) in [6.07, 6.45) is 0. The summed E-state index contributed by atoms with van der Waals surface area (Å²) >= 11 is 1.88. The molecular weight excluding hydrogens is 216 g/mol. The Morgan fingerprint density at radius 1 is 1.25 bits per heavy atom. The van der Waals surface area contributed by atoms with Gasteiger partial charge in [-0.2, -0.15) is 0 Å². The van der Waals surface area contributed by atoms with Crippen molar-refractivity contribution in [3.8, 4) is 0 Å². The Balaban J connectivity index is 1.96. The average molecular weight is 236 g/mol. The zero-order chi connectivity index (χ0) is 11.8. The second kappa shape index (κ2) is 4.08. The van der Waals surface area contributed by atoms with Gasteiger partial charge in [0.15, 0.2) is 0 Å². The van der Waals surface area contributed by atoms with Crippen LogP contribution in [0, 0.1) is 0 Å². The molecule has 1 fully saturated rings. The monoisotopic (exact) mass is 236 g/mol. The van der Waals surface area contributed by atoms with Gasteiger partial charge in [-0.25, -0.2) is 0 Å². The van der Waals surface area contributed by atoms with E-state index in [1.54, 1.807) is 0 Å². The largest absolute Gasteiger partial charge is 0.369 e. The first-order chi connectivity index (χ1) is 7.39. The summed E-state index contributed by atoms with van der Waals surface area (Å²) in [4.78, 5) is 1.34. The molecule has 1 aromatic rings. The maximum atomic E-state index is 5.37. The summed E-state index contributed by atoms with van der Waals surface area (Å²) in [6.45, 7) is 9.82. The van der Waals surface area contributed by atoms with E-state index in [0.29, 0.717) is 0 Å². The van der Waals surface area contributed by atoms with Crippen molar-refractivity contribution in [1.29, 1.82) is 0 Å². The normalized spacial score (nSPS) is 24.5. The maximum absolute atomic E-state index is 5.37. The molecule has 1 aliphatic heterocycles. The molecule has 2 rings (SSSR count). The van der Waals surface area contributed by atoms with Gasteiger partial charge >= 0.3 is 0 Å². The third-order valence-corrected chi connectivity index (χ3v) is 4.26. The summed E-state index contributed by atoms with van der Waals surface area (Å²) in [5.41, 5.74) is 1.79. The fraction of sp³-hybridized carbons (Fsp3) is 0.571. The van der Waals surface area contributed by atoms with Crippen LogP contribution < -0.4 is 0 Å². The Morgan fingerprint density at radius 2 is 1.81 bits per heavy atom. The highest BCUT2D eigenvalue weighted by Crippen LogP contribution is 2.34. The van der Waals surface area contributed by atoms with E-state index in [0.717, 1.165) is 12.4 Å². The minimum Gasteiger partial charge on any atom is -0.369 e. The minimum absolute atomic E-state index is 0.146. The average Bonchev–Trinajstić information content (AvgIpc) is 2.94. The SMILES string of the molecule is CC1(CSc2ccc(C(C)(C)C)cc2)CO1. The molecule has 1 aromatic carbocycles. The van der Waals surface area contributed by atoms with Gasteiger partial charge < -0.3 is 4.74 Å². The molecule has 0 aliphatic carbocycles. The standard InChI is InChI=1S/C14H20OS/c1-13(2,3)11-5-7-12(8-6-11)16-10-14(4)9-15-14/h5-8H,9-10H2,1-4H3. The Bertz CT molecular complexity index is 357. The van der Waals surface area contributed by atoms with Gasteiger partial charge in [0.2, 0.25) is 0 Å². The number of benzene rings is 1. The van der Waals surface area contributed by atoms with Crippen molar-refractivity contribution >= 4 is 11.8 Å². The fourth-order valence-corrected chi connectivity index (χ4v) is 2.46. The third kappa shape index (κ3) is 3.02. The summed E-state index contributed by atoms with van der Waals surface area (Å²) in [5.74, 6) is 1.06. The van der Waals surface area contributed by atoms with Gasteiger partial charge in [0.25, 0.3) is 0 Å². The van der Waals surface area contributed by atoms with Gasteiger partial charge in [-0.05, 0) is 30.0 Å². The number of hydrogen-bond acceptors (Lipinski definition) is 2. The lowest BCUT2D eigenvalue weighted by Gasteiger charge is -2.19. The molecule has 0 bridgehead atoms. The molecule has 1 aliphatic rings. The van der Waals surface area contributed by atoms with Crippen molar-refractivity contribution in [2.24, 2.45) is 0 Å². The van der Waals surface area contributed by atoms with Crippen molar-refractivity contribution in [1.82, 2.24) is 0 Å².